The Morgan fingerprint density at radius 3 is 2.24 bits per heavy atom. The maximum absolute atomic E-state index is 13.4. The number of amides is 1. The van der Waals surface area contributed by atoms with Crippen LogP contribution >= 0.6 is 11.6 Å². The Bertz CT molecular complexity index is 1490. The maximum atomic E-state index is 13.4. The molecular weight excluding hydrogens is 531 g/mol. The van der Waals surface area contributed by atoms with Gasteiger partial charge in [-0.05, 0) is 59.7 Å². The number of nitrogens with zero attached hydrogens (tertiary/aromatic N) is 3. The second kappa shape index (κ2) is 11.8. The highest BCUT2D eigenvalue weighted by molar-refractivity contribution is 7.89. The van der Waals surface area contributed by atoms with Crippen LogP contribution in [0.4, 0.5) is 10.1 Å². The number of anilines is 1. The SMILES string of the molecule is CC(C)c1nc(Cc2ccc(NC(=O)CN(Cc3ccc(F)cc3)S(=O)(=O)c3ccc(Cl)cc3)cc2)no1. The molecule has 0 atom stereocenters. The molecule has 0 unspecified atom stereocenters. The fourth-order valence-electron chi connectivity index (χ4n) is 3.60. The Morgan fingerprint density at radius 1 is 1.00 bits per heavy atom. The Hall–Kier alpha value is -3.60. The molecule has 0 bridgehead atoms. The van der Waals surface area contributed by atoms with Gasteiger partial charge in [-0.1, -0.05) is 54.9 Å². The predicted molar refractivity (Wildman–Crippen MR) is 142 cm³/mol. The van der Waals surface area contributed by atoms with Gasteiger partial charge >= 0.3 is 0 Å². The number of nitrogens with one attached hydrogen (secondary N) is 1. The van der Waals surface area contributed by atoms with E-state index in [0.29, 0.717) is 34.4 Å². The summed E-state index contributed by atoms with van der Waals surface area (Å²) in [5, 5.41) is 7.10. The molecule has 0 aliphatic heterocycles. The molecule has 3 aromatic carbocycles. The number of carbonyl (C=O) groups is 1. The summed E-state index contributed by atoms with van der Waals surface area (Å²) in [6.45, 7) is 3.36. The van der Waals surface area contributed by atoms with E-state index in [1.165, 1.54) is 48.5 Å². The zero-order chi connectivity index (χ0) is 27.3. The van der Waals surface area contributed by atoms with Gasteiger partial charge in [0.15, 0.2) is 5.82 Å². The van der Waals surface area contributed by atoms with E-state index in [-0.39, 0.29) is 17.4 Å². The first kappa shape index (κ1) is 27.4. The first-order chi connectivity index (χ1) is 18.1. The van der Waals surface area contributed by atoms with Crippen LogP contribution in [0.3, 0.4) is 0 Å². The number of sulfonamides is 1. The Labute approximate surface area is 225 Å². The third-order valence-corrected chi connectivity index (χ3v) is 7.68. The van der Waals surface area contributed by atoms with E-state index >= 15 is 0 Å². The van der Waals surface area contributed by atoms with Gasteiger partial charge in [0.1, 0.15) is 5.82 Å². The van der Waals surface area contributed by atoms with Gasteiger partial charge in [-0.3, -0.25) is 4.79 Å². The lowest BCUT2D eigenvalue weighted by atomic mass is 10.1. The summed E-state index contributed by atoms with van der Waals surface area (Å²) >= 11 is 5.91. The summed E-state index contributed by atoms with van der Waals surface area (Å²) in [5.41, 5.74) is 1.95. The molecule has 1 amide bonds. The zero-order valence-corrected chi connectivity index (χ0v) is 22.3. The largest absolute Gasteiger partial charge is 0.339 e. The Balaban J connectivity index is 1.47. The monoisotopic (exact) mass is 556 g/mol. The number of benzene rings is 3. The molecule has 4 aromatic rings. The zero-order valence-electron chi connectivity index (χ0n) is 20.8. The van der Waals surface area contributed by atoms with E-state index in [2.05, 4.69) is 15.5 Å². The summed E-state index contributed by atoms with van der Waals surface area (Å²) in [6.07, 6.45) is 0.467. The second-order valence-corrected chi connectivity index (χ2v) is 11.4. The molecule has 4 rings (SSSR count). The molecule has 0 radical (unpaired) electrons. The molecule has 1 aromatic heterocycles. The van der Waals surface area contributed by atoms with Crippen LogP contribution in [0.5, 0.6) is 0 Å². The Kier molecular flexibility index (Phi) is 8.55. The average molecular weight is 557 g/mol. The molecule has 11 heteroatoms. The molecule has 0 spiro atoms. The quantitative estimate of drug-likeness (QED) is 0.280. The molecule has 38 heavy (non-hydrogen) atoms. The van der Waals surface area contributed by atoms with Crippen LogP contribution in [0, 0.1) is 5.82 Å². The summed E-state index contributed by atoms with van der Waals surface area (Å²) in [7, 11) is -4.06. The molecule has 0 aliphatic carbocycles. The third-order valence-electron chi connectivity index (χ3n) is 5.62. The minimum atomic E-state index is -4.06. The van der Waals surface area contributed by atoms with Gasteiger partial charge in [0.2, 0.25) is 21.8 Å². The van der Waals surface area contributed by atoms with Crippen LogP contribution in [-0.2, 0) is 27.8 Å². The van der Waals surface area contributed by atoms with Crippen molar-refractivity contribution in [3.05, 3.63) is 106 Å². The van der Waals surface area contributed by atoms with Crippen molar-refractivity contribution >= 4 is 33.2 Å². The van der Waals surface area contributed by atoms with E-state index in [0.717, 1.165) is 9.87 Å². The van der Waals surface area contributed by atoms with Crippen molar-refractivity contribution in [2.24, 2.45) is 0 Å². The van der Waals surface area contributed by atoms with Crippen molar-refractivity contribution in [3.63, 3.8) is 0 Å². The minimum Gasteiger partial charge on any atom is -0.339 e. The number of aromatic nitrogens is 2. The molecule has 0 saturated carbocycles. The maximum Gasteiger partial charge on any atom is 0.243 e. The fourth-order valence-corrected chi connectivity index (χ4v) is 5.11. The summed E-state index contributed by atoms with van der Waals surface area (Å²) in [5.74, 6) is 0.302. The Morgan fingerprint density at radius 2 is 1.63 bits per heavy atom. The van der Waals surface area contributed by atoms with E-state index < -0.39 is 28.3 Å². The van der Waals surface area contributed by atoms with E-state index in [9.17, 15) is 17.6 Å². The molecule has 198 valence electrons. The molecule has 0 saturated heterocycles. The van der Waals surface area contributed by atoms with Gasteiger partial charge in [0.05, 0.1) is 11.4 Å². The first-order valence-corrected chi connectivity index (χ1v) is 13.6. The van der Waals surface area contributed by atoms with Gasteiger partial charge in [-0.25, -0.2) is 12.8 Å². The van der Waals surface area contributed by atoms with Crippen molar-refractivity contribution in [1.82, 2.24) is 14.4 Å². The van der Waals surface area contributed by atoms with Gasteiger partial charge in [-0.2, -0.15) is 9.29 Å². The lowest BCUT2D eigenvalue weighted by Crippen LogP contribution is -2.37. The number of hydrogen-bond donors (Lipinski definition) is 1. The smallest absolute Gasteiger partial charge is 0.243 e. The van der Waals surface area contributed by atoms with Crippen molar-refractivity contribution in [2.75, 3.05) is 11.9 Å². The van der Waals surface area contributed by atoms with Crippen molar-refractivity contribution in [2.45, 2.75) is 37.6 Å². The van der Waals surface area contributed by atoms with Crippen molar-refractivity contribution < 1.29 is 22.1 Å². The van der Waals surface area contributed by atoms with Crippen LogP contribution in [0.25, 0.3) is 0 Å². The normalized spacial score (nSPS) is 11.7. The highest BCUT2D eigenvalue weighted by Gasteiger charge is 2.27. The summed E-state index contributed by atoms with van der Waals surface area (Å²) in [6, 6.07) is 18.2. The lowest BCUT2D eigenvalue weighted by Gasteiger charge is -2.22. The molecule has 8 nitrogen and oxygen atoms in total. The number of hydrogen-bond acceptors (Lipinski definition) is 6. The predicted octanol–water partition coefficient (Wildman–Crippen LogP) is 5.41. The van der Waals surface area contributed by atoms with Gasteiger partial charge in [-0.15, -0.1) is 0 Å². The fraction of sp³-hybridized carbons (Fsp3) is 0.222. The van der Waals surface area contributed by atoms with Crippen LogP contribution in [0.15, 0.2) is 82.2 Å². The summed E-state index contributed by atoms with van der Waals surface area (Å²) in [4.78, 5) is 17.3. The molecule has 0 aliphatic rings. The highest BCUT2D eigenvalue weighted by atomic mass is 35.5. The van der Waals surface area contributed by atoms with E-state index in [4.69, 9.17) is 16.1 Å². The number of halogens is 2. The lowest BCUT2D eigenvalue weighted by molar-refractivity contribution is -0.116. The summed E-state index contributed by atoms with van der Waals surface area (Å²) < 4.78 is 46.4. The molecule has 0 fully saturated rings. The molecule has 1 N–H and O–H groups in total. The van der Waals surface area contributed by atoms with Crippen LogP contribution < -0.4 is 5.32 Å². The first-order valence-electron chi connectivity index (χ1n) is 11.8. The van der Waals surface area contributed by atoms with Gasteiger partial charge in [0.25, 0.3) is 0 Å². The average Bonchev–Trinajstić information content (AvgIpc) is 3.35. The standard InChI is InChI=1S/C27H26ClFN4O4S/c1-18(2)27-31-25(32-37-27)15-19-5-11-23(12-6-19)30-26(34)17-33(16-20-3-9-22(29)10-4-20)38(35,36)24-13-7-21(28)8-14-24/h3-14,18H,15-17H2,1-2H3,(H,30,34). The number of carbonyl (C=O) groups excluding carboxylic acids is 1. The number of rotatable bonds is 10. The van der Waals surface area contributed by atoms with Crippen LogP contribution in [-0.4, -0.2) is 35.3 Å². The van der Waals surface area contributed by atoms with Gasteiger partial charge < -0.3 is 9.84 Å². The van der Waals surface area contributed by atoms with Crippen LogP contribution in [0.2, 0.25) is 5.02 Å². The topological polar surface area (TPSA) is 105 Å². The van der Waals surface area contributed by atoms with E-state index in [1.807, 2.05) is 26.0 Å². The second-order valence-electron chi connectivity index (χ2n) is 8.98. The van der Waals surface area contributed by atoms with E-state index in [1.54, 1.807) is 12.1 Å². The van der Waals surface area contributed by atoms with Crippen LogP contribution in [0.1, 0.15) is 42.6 Å². The molecule has 1 heterocycles. The highest BCUT2D eigenvalue weighted by Crippen LogP contribution is 2.21. The van der Waals surface area contributed by atoms with Gasteiger partial charge in [0, 0.05) is 29.6 Å². The third kappa shape index (κ3) is 7.03. The van der Waals surface area contributed by atoms with Crippen molar-refractivity contribution in [1.29, 1.82) is 0 Å². The minimum absolute atomic E-state index is 0.0109. The van der Waals surface area contributed by atoms with Crippen molar-refractivity contribution in [3.8, 4) is 0 Å². The molecular formula is C27H26ClFN4O4S.